The second-order valence-electron chi connectivity index (χ2n) is 7.12. The highest BCUT2D eigenvalue weighted by molar-refractivity contribution is 5.66. The first-order valence-electron chi connectivity index (χ1n) is 10.8. The van der Waals surface area contributed by atoms with Gasteiger partial charge in [-0.2, -0.15) is 0 Å². The molecule has 0 heterocycles. The number of hydrogen-bond donors (Lipinski definition) is 4. The van der Waals surface area contributed by atoms with E-state index in [0.717, 1.165) is 12.8 Å². The van der Waals surface area contributed by atoms with Gasteiger partial charge < -0.3 is 20.4 Å². The van der Waals surface area contributed by atoms with E-state index in [2.05, 4.69) is 19.1 Å². The first-order chi connectivity index (χ1) is 13.1. The summed E-state index contributed by atoms with van der Waals surface area (Å²) in [6, 6.07) is 0. The van der Waals surface area contributed by atoms with Crippen LogP contribution in [0.4, 0.5) is 0 Å². The molecule has 5 nitrogen and oxygen atoms in total. The number of hydrogen-bond acceptors (Lipinski definition) is 4. The molecule has 27 heavy (non-hydrogen) atoms. The molecule has 0 unspecified atom stereocenters. The van der Waals surface area contributed by atoms with Crippen molar-refractivity contribution in [3.8, 4) is 0 Å². The fraction of sp³-hybridized carbons (Fsp3) is 0.864. The van der Waals surface area contributed by atoms with Gasteiger partial charge in [-0.05, 0) is 44.9 Å². The molecule has 0 aliphatic carbocycles. The lowest BCUT2D eigenvalue weighted by Crippen LogP contribution is -2.11. The maximum Gasteiger partial charge on any atom is 0.303 e. The number of rotatable bonds is 18. The Morgan fingerprint density at radius 2 is 1.30 bits per heavy atom. The van der Waals surface area contributed by atoms with Gasteiger partial charge in [0.25, 0.3) is 0 Å². The van der Waals surface area contributed by atoms with Crippen molar-refractivity contribution in [3.63, 3.8) is 0 Å². The molecule has 0 aromatic rings. The molecule has 0 rings (SSSR count). The van der Waals surface area contributed by atoms with Crippen LogP contribution < -0.4 is 0 Å². The van der Waals surface area contributed by atoms with Crippen LogP contribution in [0.1, 0.15) is 96.8 Å². The van der Waals surface area contributed by atoms with Gasteiger partial charge in [-0.15, -0.1) is 0 Å². The molecule has 0 spiro atoms. The van der Waals surface area contributed by atoms with E-state index in [9.17, 15) is 4.79 Å². The Morgan fingerprint density at radius 1 is 0.778 bits per heavy atom. The standard InChI is InChI=1S/C16H30O2.C6H14O3/c1-2-3-4-5-6-7-8-9-10-11-12-13-14-15-16(17)18;7-3-1-2-6(4-8)5-9/h7-8H,2-6,9-15H2,1H3,(H,17,18);6-9H,1-5H2/b8-7-;. The average Bonchev–Trinajstić information content (AvgIpc) is 2.66. The molecule has 0 amide bonds. The second kappa shape index (κ2) is 25.1. The molecule has 0 aromatic heterocycles. The number of carboxylic acids is 1. The van der Waals surface area contributed by atoms with Crippen molar-refractivity contribution < 1.29 is 25.2 Å². The van der Waals surface area contributed by atoms with Crippen LogP contribution in [0.5, 0.6) is 0 Å². The van der Waals surface area contributed by atoms with Crippen LogP contribution in [-0.2, 0) is 4.79 Å². The Balaban J connectivity index is 0. The van der Waals surface area contributed by atoms with Crippen molar-refractivity contribution in [2.45, 2.75) is 96.8 Å². The van der Waals surface area contributed by atoms with E-state index in [1.165, 1.54) is 57.8 Å². The van der Waals surface area contributed by atoms with Crippen LogP contribution in [0.2, 0.25) is 0 Å². The zero-order valence-corrected chi connectivity index (χ0v) is 17.4. The van der Waals surface area contributed by atoms with E-state index in [-0.39, 0.29) is 25.7 Å². The predicted octanol–water partition coefficient (Wildman–Crippen LogP) is 4.69. The van der Waals surface area contributed by atoms with Crippen LogP contribution in [0.3, 0.4) is 0 Å². The molecule has 4 N–H and O–H groups in total. The zero-order chi connectivity index (χ0) is 20.6. The van der Waals surface area contributed by atoms with Gasteiger partial charge >= 0.3 is 5.97 Å². The zero-order valence-electron chi connectivity index (χ0n) is 17.4. The highest BCUT2D eigenvalue weighted by Gasteiger charge is 2.03. The van der Waals surface area contributed by atoms with Gasteiger partial charge in [0.2, 0.25) is 0 Å². The van der Waals surface area contributed by atoms with E-state index >= 15 is 0 Å². The van der Waals surface area contributed by atoms with Gasteiger partial charge in [0.05, 0.1) is 0 Å². The highest BCUT2D eigenvalue weighted by atomic mass is 16.4. The fourth-order valence-electron chi connectivity index (χ4n) is 2.61. The van der Waals surface area contributed by atoms with Gasteiger partial charge in [0.15, 0.2) is 0 Å². The molecular weight excluding hydrogens is 344 g/mol. The largest absolute Gasteiger partial charge is 0.481 e. The van der Waals surface area contributed by atoms with Gasteiger partial charge in [0, 0.05) is 32.2 Å². The van der Waals surface area contributed by atoms with Crippen LogP contribution in [0, 0.1) is 5.92 Å². The monoisotopic (exact) mass is 388 g/mol. The van der Waals surface area contributed by atoms with Crippen molar-refractivity contribution in [1.29, 1.82) is 0 Å². The molecule has 0 fully saturated rings. The van der Waals surface area contributed by atoms with Crippen molar-refractivity contribution >= 4 is 5.97 Å². The Kier molecular flexibility index (Phi) is 26.3. The minimum absolute atomic E-state index is 0.0104. The normalized spacial score (nSPS) is 11.0. The molecule has 162 valence electrons. The lowest BCUT2D eigenvalue weighted by molar-refractivity contribution is -0.137. The summed E-state index contributed by atoms with van der Waals surface area (Å²) < 4.78 is 0. The van der Waals surface area contributed by atoms with Crippen LogP contribution in [0.15, 0.2) is 12.2 Å². The Morgan fingerprint density at radius 3 is 1.78 bits per heavy atom. The quantitative estimate of drug-likeness (QED) is 0.202. The third kappa shape index (κ3) is 27.4. The van der Waals surface area contributed by atoms with E-state index in [0.29, 0.717) is 19.3 Å². The third-order valence-electron chi connectivity index (χ3n) is 4.44. The molecule has 0 radical (unpaired) electrons. The van der Waals surface area contributed by atoms with Gasteiger partial charge in [0.1, 0.15) is 0 Å². The fourth-order valence-corrected chi connectivity index (χ4v) is 2.61. The molecule has 0 saturated carbocycles. The van der Waals surface area contributed by atoms with Crippen LogP contribution in [0.25, 0.3) is 0 Å². The van der Waals surface area contributed by atoms with E-state index in [1.54, 1.807) is 0 Å². The molecule has 0 saturated heterocycles. The van der Waals surface area contributed by atoms with E-state index in [1.807, 2.05) is 0 Å². The molecular formula is C22H44O5. The van der Waals surface area contributed by atoms with Crippen molar-refractivity contribution in [1.82, 2.24) is 0 Å². The molecule has 5 heteroatoms. The van der Waals surface area contributed by atoms with Gasteiger partial charge in [-0.1, -0.05) is 57.6 Å². The Bertz CT molecular complexity index is 314. The number of carboxylic acid groups (broad SMARTS) is 1. The summed E-state index contributed by atoms with van der Waals surface area (Å²) in [5, 5.41) is 33.8. The third-order valence-corrected chi connectivity index (χ3v) is 4.44. The Hall–Kier alpha value is -0.910. The lowest BCUT2D eigenvalue weighted by atomic mass is 10.1. The summed E-state index contributed by atoms with van der Waals surface area (Å²) in [5.41, 5.74) is 0. The maximum absolute atomic E-state index is 10.3. The summed E-state index contributed by atoms with van der Waals surface area (Å²) in [6.07, 6.45) is 19.7. The topological polar surface area (TPSA) is 98.0 Å². The number of unbranched alkanes of at least 4 members (excludes halogenated alkanes) is 9. The second-order valence-corrected chi connectivity index (χ2v) is 7.12. The summed E-state index contributed by atoms with van der Waals surface area (Å²) >= 11 is 0. The first-order valence-corrected chi connectivity index (χ1v) is 10.8. The van der Waals surface area contributed by atoms with Crippen molar-refractivity contribution in [2.24, 2.45) is 5.92 Å². The number of aliphatic carboxylic acids is 1. The molecule has 0 bridgehead atoms. The Labute approximate surface area is 166 Å². The molecule has 0 aliphatic rings. The van der Waals surface area contributed by atoms with Gasteiger partial charge in [-0.3, -0.25) is 4.79 Å². The summed E-state index contributed by atoms with van der Waals surface area (Å²) in [4.78, 5) is 10.3. The van der Waals surface area contributed by atoms with Crippen molar-refractivity contribution in [2.75, 3.05) is 19.8 Å². The SMILES string of the molecule is CCCCCC/C=C\CCCCCCCC(=O)O.OCCCC(CO)CO. The lowest BCUT2D eigenvalue weighted by Gasteiger charge is -2.07. The van der Waals surface area contributed by atoms with Crippen LogP contribution in [-0.4, -0.2) is 46.2 Å². The van der Waals surface area contributed by atoms with Gasteiger partial charge in [-0.25, -0.2) is 0 Å². The predicted molar refractivity (Wildman–Crippen MR) is 112 cm³/mol. The summed E-state index contributed by atoms with van der Waals surface area (Å²) in [7, 11) is 0. The number of allylic oxidation sites excluding steroid dienone is 2. The summed E-state index contributed by atoms with van der Waals surface area (Å²) in [5.74, 6) is -0.710. The minimum Gasteiger partial charge on any atom is -0.481 e. The molecule has 0 atom stereocenters. The average molecular weight is 389 g/mol. The van der Waals surface area contributed by atoms with Crippen molar-refractivity contribution in [3.05, 3.63) is 12.2 Å². The number of aliphatic hydroxyl groups excluding tert-OH is 3. The molecule has 0 aliphatic heterocycles. The summed E-state index contributed by atoms with van der Waals surface area (Å²) in [6.45, 7) is 2.40. The molecule has 0 aromatic carbocycles. The van der Waals surface area contributed by atoms with E-state index < -0.39 is 5.97 Å². The first kappa shape index (κ1) is 28.3. The highest BCUT2D eigenvalue weighted by Crippen LogP contribution is 2.08. The number of carbonyl (C=O) groups is 1. The smallest absolute Gasteiger partial charge is 0.303 e. The number of aliphatic hydroxyl groups is 3. The minimum atomic E-state index is -0.666. The van der Waals surface area contributed by atoms with E-state index in [4.69, 9.17) is 20.4 Å². The maximum atomic E-state index is 10.3. The van der Waals surface area contributed by atoms with Crippen LogP contribution >= 0.6 is 0 Å².